The van der Waals surface area contributed by atoms with E-state index in [0.29, 0.717) is 24.9 Å². The van der Waals surface area contributed by atoms with E-state index in [-0.39, 0.29) is 0 Å². The van der Waals surface area contributed by atoms with Gasteiger partial charge < -0.3 is 18.9 Å². The third kappa shape index (κ3) is 6.03. The van der Waals surface area contributed by atoms with Crippen molar-refractivity contribution >= 4 is 0 Å². The topological polar surface area (TPSA) is 40.2 Å². The van der Waals surface area contributed by atoms with Gasteiger partial charge in [0.1, 0.15) is 0 Å². The predicted molar refractivity (Wildman–Crippen MR) is 126 cm³/mol. The second kappa shape index (κ2) is 11.7. The Balaban J connectivity index is 1.26. The summed E-state index contributed by atoms with van der Waals surface area (Å²) in [5.41, 5.74) is 2.46. The molecule has 0 spiro atoms. The Kier molecular flexibility index (Phi) is 8.43. The second-order valence-corrected chi connectivity index (χ2v) is 8.90. The van der Waals surface area contributed by atoms with Crippen LogP contribution in [-0.2, 0) is 22.5 Å². The maximum Gasteiger partial charge on any atom is 0.160 e. The lowest BCUT2D eigenvalue weighted by Gasteiger charge is -2.37. The van der Waals surface area contributed by atoms with Gasteiger partial charge in [0.05, 0.1) is 39.6 Å². The van der Waals surface area contributed by atoms with Gasteiger partial charge in [0, 0.05) is 19.1 Å². The normalized spacial score (nSPS) is 23.9. The largest absolute Gasteiger partial charge is 0.493 e. The fourth-order valence-corrected chi connectivity index (χ4v) is 5.03. The summed E-state index contributed by atoms with van der Waals surface area (Å²) in [5, 5.41) is 0. The third-order valence-electron chi connectivity index (χ3n) is 6.81. The zero-order valence-corrected chi connectivity index (χ0v) is 19.5. The fraction of sp³-hybridized carbons (Fsp3) is 0.556. The van der Waals surface area contributed by atoms with Crippen LogP contribution in [0.5, 0.6) is 11.5 Å². The maximum absolute atomic E-state index is 6.45. The number of hydrogen-bond acceptors (Lipinski definition) is 5. The summed E-state index contributed by atoms with van der Waals surface area (Å²) in [6.07, 6.45) is 7.58. The van der Waals surface area contributed by atoms with Crippen LogP contribution in [-0.4, -0.2) is 57.1 Å². The Morgan fingerprint density at radius 2 is 1.66 bits per heavy atom. The molecular formula is C27H37NO4. The van der Waals surface area contributed by atoms with E-state index in [2.05, 4.69) is 47.4 Å². The van der Waals surface area contributed by atoms with Crippen LogP contribution in [0.2, 0.25) is 0 Å². The summed E-state index contributed by atoms with van der Waals surface area (Å²) >= 11 is 0. The zero-order chi connectivity index (χ0) is 22.2. The van der Waals surface area contributed by atoms with E-state index >= 15 is 0 Å². The fourth-order valence-electron chi connectivity index (χ4n) is 5.03. The minimum absolute atomic E-state index is 0.316. The number of likely N-dealkylation sites (tertiary alicyclic amines) is 1. The van der Waals surface area contributed by atoms with Crippen molar-refractivity contribution in [2.45, 2.75) is 63.4 Å². The average molecular weight is 440 g/mol. The van der Waals surface area contributed by atoms with Crippen molar-refractivity contribution in [1.82, 2.24) is 4.90 Å². The van der Waals surface area contributed by atoms with Crippen LogP contribution < -0.4 is 9.47 Å². The van der Waals surface area contributed by atoms with Gasteiger partial charge in [-0.2, -0.15) is 0 Å². The van der Waals surface area contributed by atoms with E-state index in [0.717, 1.165) is 50.5 Å². The van der Waals surface area contributed by atoms with Gasteiger partial charge in [-0.3, -0.25) is 4.90 Å². The number of nitrogens with zero attached hydrogens (tertiary/aromatic N) is 1. The maximum atomic E-state index is 6.45. The van der Waals surface area contributed by atoms with Crippen LogP contribution in [0.1, 0.15) is 43.2 Å². The van der Waals surface area contributed by atoms with Crippen LogP contribution >= 0.6 is 0 Å². The molecule has 2 unspecified atom stereocenters. The molecule has 3 atom stereocenters. The van der Waals surface area contributed by atoms with Crippen molar-refractivity contribution in [1.29, 1.82) is 0 Å². The van der Waals surface area contributed by atoms with E-state index < -0.39 is 0 Å². The first-order valence-corrected chi connectivity index (χ1v) is 12.0. The number of ether oxygens (including phenoxy) is 4. The molecule has 0 aromatic heterocycles. The van der Waals surface area contributed by atoms with Crippen LogP contribution in [0.3, 0.4) is 0 Å². The molecule has 1 aliphatic heterocycles. The van der Waals surface area contributed by atoms with Crippen molar-refractivity contribution < 1.29 is 18.9 Å². The first kappa shape index (κ1) is 23.1. The van der Waals surface area contributed by atoms with Gasteiger partial charge in [0.2, 0.25) is 0 Å². The van der Waals surface area contributed by atoms with Crippen molar-refractivity contribution in [2.24, 2.45) is 0 Å². The van der Waals surface area contributed by atoms with Crippen molar-refractivity contribution in [3.8, 4) is 11.5 Å². The Morgan fingerprint density at radius 1 is 0.844 bits per heavy atom. The van der Waals surface area contributed by atoms with Gasteiger partial charge in [0.25, 0.3) is 0 Å². The van der Waals surface area contributed by atoms with Gasteiger partial charge in [-0.25, -0.2) is 0 Å². The Morgan fingerprint density at radius 3 is 2.47 bits per heavy atom. The Bertz CT molecular complexity index is 828. The molecule has 2 aromatic carbocycles. The van der Waals surface area contributed by atoms with Crippen LogP contribution in [0.15, 0.2) is 48.5 Å². The standard InChI is InChI=1S/C27H37NO4/c1-29-26-13-12-21(18-27(26)30-2)15-17-31-25-11-7-6-10-24(25)28-16-14-23(19-28)32-20-22-8-4-3-5-9-22/h3-5,8-9,12-13,18,23-25H,6-7,10-11,14-17,19-20H2,1-2H3/t23-,24?,25?/m0/s1. The molecule has 4 rings (SSSR count). The molecule has 2 aromatic rings. The molecule has 2 aliphatic rings. The van der Waals surface area contributed by atoms with Crippen LogP contribution in [0.25, 0.3) is 0 Å². The van der Waals surface area contributed by atoms with Gasteiger partial charge >= 0.3 is 0 Å². The lowest BCUT2D eigenvalue weighted by atomic mass is 9.91. The van der Waals surface area contributed by atoms with E-state index in [1.54, 1.807) is 14.2 Å². The lowest BCUT2D eigenvalue weighted by Crippen LogP contribution is -2.46. The minimum Gasteiger partial charge on any atom is -0.493 e. The highest BCUT2D eigenvalue weighted by Gasteiger charge is 2.35. The molecule has 0 amide bonds. The van der Waals surface area contributed by atoms with Gasteiger partial charge in [0.15, 0.2) is 11.5 Å². The lowest BCUT2D eigenvalue weighted by molar-refractivity contribution is -0.0352. The summed E-state index contributed by atoms with van der Waals surface area (Å²) in [6, 6.07) is 17.1. The summed E-state index contributed by atoms with van der Waals surface area (Å²) < 4.78 is 23.4. The van der Waals surface area contributed by atoms with Gasteiger partial charge in [-0.1, -0.05) is 49.2 Å². The monoisotopic (exact) mass is 439 g/mol. The molecular weight excluding hydrogens is 402 g/mol. The average Bonchev–Trinajstić information content (AvgIpc) is 3.32. The van der Waals surface area contributed by atoms with Gasteiger partial charge in [-0.15, -0.1) is 0 Å². The summed E-state index contributed by atoms with van der Waals surface area (Å²) in [4.78, 5) is 2.62. The molecule has 5 nitrogen and oxygen atoms in total. The Hall–Kier alpha value is -2.08. The summed E-state index contributed by atoms with van der Waals surface area (Å²) in [5.74, 6) is 1.54. The molecule has 1 heterocycles. The molecule has 5 heteroatoms. The second-order valence-electron chi connectivity index (χ2n) is 8.90. The molecule has 0 N–H and O–H groups in total. The summed E-state index contributed by atoms with van der Waals surface area (Å²) in [7, 11) is 3.34. The van der Waals surface area contributed by atoms with Crippen molar-refractivity contribution in [3.05, 3.63) is 59.7 Å². The van der Waals surface area contributed by atoms with E-state index in [1.165, 1.54) is 30.4 Å². The minimum atomic E-state index is 0.316. The highest BCUT2D eigenvalue weighted by Crippen LogP contribution is 2.30. The van der Waals surface area contributed by atoms with E-state index in [1.807, 2.05) is 6.07 Å². The number of benzene rings is 2. The zero-order valence-electron chi connectivity index (χ0n) is 19.5. The highest BCUT2D eigenvalue weighted by atomic mass is 16.5. The van der Waals surface area contributed by atoms with Crippen LogP contribution in [0.4, 0.5) is 0 Å². The highest BCUT2D eigenvalue weighted by molar-refractivity contribution is 5.42. The smallest absolute Gasteiger partial charge is 0.160 e. The van der Waals surface area contributed by atoms with Crippen molar-refractivity contribution in [2.75, 3.05) is 33.9 Å². The number of hydrogen-bond donors (Lipinski definition) is 0. The molecule has 1 saturated carbocycles. The predicted octanol–water partition coefficient (Wildman–Crippen LogP) is 4.87. The molecule has 174 valence electrons. The molecule has 1 aliphatic carbocycles. The Labute approximate surface area is 192 Å². The SMILES string of the molecule is COc1ccc(CCOC2CCCCC2N2CC[C@H](OCc3ccccc3)C2)cc1OC. The quantitative estimate of drug-likeness (QED) is 0.528. The van der Waals surface area contributed by atoms with E-state index in [4.69, 9.17) is 18.9 Å². The number of methoxy groups -OCH3 is 2. The van der Waals surface area contributed by atoms with E-state index in [9.17, 15) is 0 Å². The molecule has 32 heavy (non-hydrogen) atoms. The van der Waals surface area contributed by atoms with Crippen molar-refractivity contribution in [3.63, 3.8) is 0 Å². The van der Waals surface area contributed by atoms with Gasteiger partial charge in [-0.05, 0) is 48.9 Å². The van der Waals surface area contributed by atoms with Crippen LogP contribution in [0, 0.1) is 0 Å². The molecule has 2 fully saturated rings. The number of rotatable bonds is 10. The first-order valence-electron chi connectivity index (χ1n) is 12.0. The molecule has 0 radical (unpaired) electrons. The first-order chi connectivity index (χ1) is 15.8. The molecule has 1 saturated heterocycles. The summed E-state index contributed by atoms with van der Waals surface area (Å²) in [6.45, 7) is 3.57. The molecule has 0 bridgehead atoms. The third-order valence-corrected chi connectivity index (χ3v) is 6.81.